The fourth-order valence-electron chi connectivity index (χ4n) is 2.03. The highest BCUT2D eigenvalue weighted by atomic mass is 32.2. The Morgan fingerprint density at radius 1 is 1.35 bits per heavy atom. The lowest BCUT2D eigenvalue weighted by molar-refractivity contribution is -0.385. The minimum absolute atomic E-state index is 0.0175. The largest absolute Gasteiger partial charge is 0.320 e. The summed E-state index contributed by atoms with van der Waals surface area (Å²) >= 11 is 1.39. The van der Waals surface area contributed by atoms with Gasteiger partial charge in [-0.2, -0.15) is 0 Å². The van der Waals surface area contributed by atoms with Crippen LogP contribution in [0.5, 0.6) is 0 Å². The highest BCUT2D eigenvalue weighted by molar-refractivity contribution is 7.98. The predicted octanol–water partition coefficient (Wildman–Crippen LogP) is 2.75. The third-order valence-electron chi connectivity index (χ3n) is 3.23. The summed E-state index contributed by atoms with van der Waals surface area (Å²) in [5.74, 6) is -0.589. The summed E-state index contributed by atoms with van der Waals surface area (Å²) in [5.41, 5.74) is -0.0543. The number of benzene rings is 1. The van der Waals surface area contributed by atoms with Gasteiger partial charge in [-0.15, -0.1) is 11.8 Å². The van der Waals surface area contributed by atoms with E-state index < -0.39 is 10.8 Å². The average molecular weight is 333 g/mol. The molecule has 120 valence electrons. The van der Waals surface area contributed by atoms with Crippen molar-refractivity contribution in [3.63, 3.8) is 0 Å². The molecule has 1 aromatic carbocycles. The van der Waals surface area contributed by atoms with E-state index in [4.69, 9.17) is 0 Å². The molecule has 0 unspecified atom stereocenters. The molecule has 1 amide bonds. The van der Waals surface area contributed by atoms with Gasteiger partial charge in [0, 0.05) is 29.8 Å². The van der Waals surface area contributed by atoms with Gasteiger partial charge in [-0.1, -0.05) is 0 Å². The van der Waals surface area contributed by atoms with Crippen molar-refractivity contribution in [3.05, 3.63) is 62.6 Å². The molecule has 2 aromatic rings. The number of nitrogens with zero attached hydrogens (tertiary/aromatic N) is 2. The number of nitrogens with one attached hydrogen (secondary N) is 1. The molecular weight excluding hydrogens is 318 g/mol. The van der Waals surface area contributed by atoms with Gasteiger partial charge < -0.3 is 9.88 Å². The lowest BCUT2D eigenvalue weighted by Crippen LogP contribution is -2.20. The number of rotatable bonds is 5. The second-order valence-corrected chi connectivity index (χ2v) is 5.52. The molecule has 0 saturated heterocycles. The Morgan fingerprint density at radius 2 is 2.09 bits per heavy atom. The van der Waals surface area contributed by atoms with Gasteiger partial charge in [-0.05, 0) is 31.4 Å². The van der Waals surface area contributed by atoms with E-state index in [1.54, 1.807) is 13.0 Å². The molecule has 1 heterocycles. The van der Waals surface area contributed by atoms with Crippen LogP contribution in [0.15, 0.2) is 46.2 Å². The molecule has 23 heavy (non-hydrogen) atoms. The third-order valence-corrected chi connectivity index (χ3v) is 3.95. The van der Waals surface area contributed by atoms with Crippen molar-refractivity contribution in [1.29, 1.82) is 0 Å². The number of amides is 1. The fraction of sp³-hybridized carbons (Fsp3) is 0.200. The molecule has 0 aliphatic carbocycles. The summed E-state index contributed by atoms with van der Waals surface area (Å²) in [6.07, 6.45) is 3.32. The van der Waals surface area contributed by atoms with Crippen molar-refractivity contribution in [1.82, 2.24) is 4.57 Å². The molecule has 0 aliphatic rings. The molecule has 0 radical (unpaired) electrons. The zero-order chi connectivity index (χ0) is 17.0. The highest BCUT2D eigenvalue weighted by Gasteiger charge is 2.21. The molecule has 0 atom stereocenters. The molecule has 0 spiro atoms. The molecule has 0 fully saturated rings. The van der Waals surface area contributed by atoms with Crippen molar-refractivity contribution >= 4 is 29.0 Å². The van der Waals surface area contributed by atoms with Crippen LogP contribution >= 0.6 is 11.8 Å². The van der Waals surface area contributed by atoms with Crippen LogP contribution in [0.2, 0.25) is 0 Å². The van der Waals surface area contributed by atoms with Gasteiger partial charge in [0.15, 0.2) is 0 Å². The Kier molecular flexibility index (Phi) is 5.17. The van der Waals surface area contributed by atoms with E-state index in [-0.39, 0.29) is 16.8 Å². The summed E-state index contributed by atoms with van der Waals surface area (Å²) in [6, 6.07) is 7.20. The Balaban J connectivity index is 2.37. The SMILES string of the molecule is CCn1cc(NC(=O)c2cc(SC)ccc2[N+](=O)[O-])ccc1=O. The maximum Gasteiger partial charge on any atom is 0.282 e. The van der Waals surface area contributed by atoms with Gasteiger partial charge >= 0.3 is 0 Å². The first-order valence-electron chi connectivity index (χ1n) is 6.80. The lowest BCUT2D eigenvalue weighted by Gasteiger charge is -2.09. The molecule has 2 rings (SSSR count). The molecule has 0 saturated carbocycles. The number of aromatic nitrogens is 1. The molecular formula is C15H15N3O4S. The normalized spacial score (nSPS) is 10.3. The standard InChI is InChI=1S/C15H15N3O4S/c1-3-17-9-10(4-7-14(17)19)16-15(20)12-8-11(23-2)5-6-13(12)18(21)22/h4-9H,3H2,1-2H3,(H,16,20). The number of thioether (sulfide) groups is 1. The Morgan fingerprint density at radius 3 is 2.70 bits per heavy atom. The molecule has 1 aromatic heterocycles. The number of hydrogen-bond donors (Lipinski definition) is 1. The Hall–Kier alpha value is -2.61. The van der Waals surface area contributed by atoms with Crippen LogP contribution in [-0.2, 0) is 6.54 Å². The van der Waals surface area contributed by atoms with E-state index in [2.05, 4.69) is 5.32 Å². The number of pyridine rings is 1. The van der Waals surface area contributed by atoms with E-state index in [0.29, 0.717) is 12.2 Å². The maximum atomic E-state index is 12.4. The zero-order valence-electron chi connectivity index (χ0n) is 12.6. The van der Waals surface area contributed by atoms with Crippen molar-refractivity contribution in [2.45, 2.75) is 18.4 Å². The van der Waals surface area contributed by atoms with E-state index in [0.717, 1.165) is 4.90 Å². The molecule has 1 N–H and O–H groups in total. The van der Waals surface area contributed by atoms with Crippen molar-refractivity contribution in [2.24, 2.45) is 0 Å². The van der Waals surface area contributed by atoms with Crippen LogP contribution in [-0.4, -0.2) is 21.7 Å². The minimum atomic E-state index is -0.591. The second-order valence-electron chi connectivity index (χ2n) is 4.64. The number of carbonyl (C=O) groups excluding carboxylic acids is 1. The van der Waals surface area contributed by atoms with Crippen molar-refractivity contribution in [2.75, 3.05) is 11.6 Å². The Labute approximate surface area is 136 Å². The summed E-state index contributed by atoms with van der Waals surface area (Å²) < 4.78 is 1.43. The fourth-order valence-corrected chi connectivity index (χ4v) is 2.47. The van der Waals surface area contributed by atoms with Gasteiger partial charge in [0.05, 0.1) is 10.6 Å². The highest BCUT2D eigenvalue weighted by Crippen LogP contribution is 2.25. The number of nitro groups is 1. The zero-order valence-corrected chi connectivity index (χ0v) is 13.4. The molecule has 0 bridgehead atoms. The van der Waals surface area contributed by atoms with Gasteiger partial charge in [0.25, 0.3) is 17.2 Å². The molecule has 8 heteroatoms. The molecule has 0 aliphatic heterocycles. The van der Waals surface area contributed by atoms with Crippen molar-refractivity contribution < 1.29 is 9.72 Å². The van der Waals surface area contributed by atoms with Crippen LogP contribution in [0.4, 0.5) is 11.4 Å². The number of nitro benzene ring substituents is 1. The van der Waals surface area contributed by atoms with Crippen LogP contribution in [0.3, 0.4) is 0 Å². The van der Waals surface area contributed by atoms with Gasteiger partial charge in [-0.25, -0.2) is 0 Å². The van der Waals surface area contributed by atoms with E-state index in [1.165, 1.54) is 46.8 Å². The first-order chi connectivity index (χ1) is 11.0. The van der Waals surface area contributed by atoms with E-state index in [9.17, 15) is 19.7 Å². The first-order valence-corrected chi connectivity index (χ1v) is 8.03. The number of anilines is 1. The minimum Gasteiger partial charge on any atom is -0.320 e. The monoisotopic (exact) mass is 333 g/mol. The third kappa shape index (κ3) is 3.78. The van der Waals surface area contributed by atoms with Gasteiger partial charge in [0.2, 0.25) is 0 Å². The topological polar surface area (TPSA) is 94.2 Å². The van der Waals surface area contributed by atoms with Crippen LogP contribution in [0.25, 0.3) is 0 Å². The number of aryl methyl sites for hydroxylation is 1. The average Bonchev–Trinajstić information content (AvgIpc) is 2.55. The van der Waals surface area contributed by atoms with E-state index >= 15 is 0 Å². The molecule has 7 nitrogen and oxygen atoms in total. The Bertz CT molecular complexity index is 817. The lowest BCUT2D eigenvalue weighted by atomic mass is 10.1. The van der Waals surface area contributed by atoms with Gasteiger partial charge in [-0.3, -0.25) is 19.7 Å². The summed E-state index contributed by atoms with van der Waals surface area (Å²) in [6.45, 7) is 2.27. The van der Waals surface area contributed by atoms with Gasteiger partial charge in [0.1, 0.15) is 5.56 Å². The number of carbonyl (C=O) groups is 1. The number of hydrogen-bond acceptors (Lipinski definition) is 5. The maximum absolute atomic E-state index is 12.4. The van der Waals surface area contributed by atoms with Crippen molar-refractivity contribution in [3.8, 4) is 0 Å². The van der Waals surface area contributed by atoms with Crippen LogP contribution in [0, 0.1) is 10.1 Å². The quantitative estimate of drug-likeness (QED) is 0.516. The second kappa shape index (κ2) is 7.10. The van der Waals surface area contributed by atoms with E-state index in [1.807, 2.05) is 6.26 Å². The van der Waals surface area contributed by atoms with Crippen LogP contribution in [0.1, 0.15) is 17.3 Å². The predicted molar refractivity (Wildman–Crippen MR) is 89.2 cm³/mol. The van der Waals surface area contributed by atoms with Crippen LogP contribution < -0.4 is 10.9 Å². The first kappa shape index (κ1) is 16.8. The summed E-state index contributed by atoms with van der Waals surface area (Å²) in [7, 11) is 0. The summed E-state index contributed by atoms with van der Waals surface area (Å²) in [4.78, 5) is 35.2. The smallest absolute Gasteiger partial charge is 0.282 e. The summed E-state index contributed by atoms with van der Waals surface area (Å²) in [5, 5.41) is 13.7.